The van der Waals surface area contributed by atoms with Gasteiger partial charge in [-0.1, -0.05) is 0 Å². The van der Waals surface area contributed by atoms with E-state index in [0.717, 1.165) is 77.5 Å². The molecule has 1 atom stereocenters. The molecule has 3 heterocycles. The Morgan fingerprint density at radius 3 is 2.43 bits per heavy atom. The molecule has 3 fully saturated rings. The Balaban J connectivity index is 1.41. The minimum Gasteiger partial charge on any atom is -0.376 e. The van der Waals surface area contributed by atoms with Gasteiger partial charge in [0.1, 0.15) is 0 Å². The average Bonchev–Trinajstić information content (AvgIpc) is 2.76. The molecule has 3 saturated heterocycles. The van der Waals surface area contributed by atoms with Gasteiger partial charge in [0.2, 0.25) is 10.0 Å². The molecule has 1 unspecified atom stereocenters. The van der Waals surface area contributed by atoms with Crippen LogP contribution in [-0.2, 0) is 19.5 Å². The molecule has 0 saturated carbocycles. The third-order valence-corrected chi connectivity index (χ3v) is 7.71. The molecule has 0 aromatic carbocycles. The summed E-state index contributed by atoms with van der Waals surface area (Å²) < 4.78 is 36.9. The maximum absolute atomic E-state index is 11.7. The minimum atomic E-state index is -3.07. The van der Waals surface area contributed by atoms with Crippen molar-refractivity contribution < 1.29 is 17.9 Å². The van der Waals surface area contributed by atoms with E-state index in [-0.39, 0.29) is 6.10 Å². The van der Waals surface area contributed by atoms with E-state index in [4.69, 9.17) is 14.5 Å². The molecule has 8 nitrogen and oxygen atoms in total. The molecule has 3 aliphatic rings. The van der Waals surface area contributed by atoms with E-state index in [0.29, 0.717) is 25.1 Å². The zero-order valence-corrected chi connectivity index (χ0v) is 19.5. The van der Waals surface area contributed by atoms with Gasteiger partial charge in [-0.3, -0.25) is 4.99 Å². The van der Waals surface area contributed by atoms with E-state index in [9.17, 15) is 8.42 Å². The maximum Gasteiger partial charge on any atom is 0.211 e. The second-order valence-electron chi connectivity index (χ2n) is 8.81. The first kappa shape index (κ1) is 23.8. The molecule has 0 radical (unpaired) electrons. The van der Waals surface area contributed by atoms with Crippen LogP contribution in [0, 0.1) is 5.92 Å². The van der Waals surface area contributed by atoms with Crippen molar-refractivity contribution in [2.75, 3.05) is 58.7 Å². The molecule has 30 heavy (non-hydrogen) atoms. The molecule has 0 aliphatic carbocycles. The lowest BCUT2D eigenvalue weighted by atomic mass is 9.98. The van der Waals surface area contributed by atoms with Crippen molar-refractivity contribution in [3.8, 4) is 0 Å². The quantitative estimate of drug-likeness (QED) is 0.475. The van der Waals surface area contributed by atoms with Crippen LogP contribution in [0.3, 0.4) is 0 Å². The van der Waals surface area contributed by atoms with E-state index in [1.807, 2.05) is 0 Å². The topological polar surface area (TPSA) is 83.5 Å². The summed E-state index contributed by atoms with van der Waals surface area (Å²) in [5, 5.41) is 3.43. The molecule has 0 aromatic rings. The Kier molecular flexibility index (Phi) is 9.22. The summed E-state index contributed by atoms with van der Waals surface area (Å²) in [5.74, 6) is 1.44. The maximum atomic E-state index is 11.7. The molecule has 0 spiro atoms. The normalized spacial score (nSPS) is 26.1. The number of ether oxygens (including phenoxy) is 2. The standard InChI is InChI=1S/C21H40N4O4S/c1-3-22-21(23-16-18-7-13-25(14-8-18)30(2,26)27)24-11-9-19(10-12-24)29-17-20-6-4-5-15-28-20/h18-20H,3-17H2,1-2H3,(H,22,23). The van der Waals surface area contributed by atoms with Crippen LogP contribution >= 0.6 is 0 Å². The molecule has 9 heteroatoms. The molecule has 0 aromatic heterocycles. The van der Waals surface area contributed by atoms with Crippen molar-refractivity contribution in [3.05, 3.63) is 0 Å². The largest absolute Gasteiger partial charge is 0.376 e. The number of aliphatic imine (C=N–C) groups is 1. The van der Waals surface area contributed by atoms with Gasteiger partial charge >= 0.3 is 0 Å². The number of rotatable bonds is 7. The molecule has 0 amide bonds. The van der Waals surface area contributed by atoms with Crippen molar-refractivity contribution in [1.82, 2.24) is 14.5 Å². The third kappa shape index (κ3) is 7.35. The molecule has 1 N–H and O–H groups in total. The van der Waals surface area contributed by atoms with Crippen LogP contribution in [0.5, 0.6) is 0 Å². The summed E-state index contributed by atoms with van der Waals surface area (Å²) in [5.41, 5.74) is 0. The van der Waals surface area contributed by atoms with Gasteiger partial charge in [-0.2, -0.15) is 0 Å². The summed E-state index contributed by atoms with van der Waals surface area (Å²) in [6.45, 7) is 8.44. The van der Waals surface area contributed by atoms with Crippen molar-refractivity contribution in [3.63, 3.8) is 0 Å². The Morgan fingerprint density at radius 1 is 1.10 bits per heavy atom. The molecule has 174 valence electrons. The molecular formula is C21H40N4O4S. The summed E-state index contributed by atoms with van der Waals surface area (Å²) in [6.07, 6.45) is 9.25. The van der Waals surface area contributed by atoms with E-state index in [1.54, 1.807) is 4.31 Å². The fraction of sp³-hybridized carbons (Fsp3) is 0.952. The summed E-state index contributed by atoms with van der Waals surface area (Å²) in [7, 11) is -3.07. The van der Waals surface area contributed by atoms with Crippen LogP contribution in [0.1, 0.15) is 51.9 Å². The van der Waals surface area contributed by atoms with Gasteiger partial charge in [-0.15, -0.1) is 0 Å². The van der Waals surface area contributed by atoms with Gasteiger partial charge in [0.05, 0.1) is 25.1 Å². The first-order chi connectivity index (χ1) is 14.5. The number of nitrogens with one attached hydrogen (secondary N) is 1. The minimum absolute atomic E-state index is 0.282. The summed E-state index contributed by atoms with van der Waals surface area (Å²) in [4.78, 5) is 7.23. The van der Waals surface area contributed by atoms with Crippen molar-refractivity contribution in [2.24, 2.45) is 10.9 Å². The molecule has 3 rings (SSSR count). The first-order valence-electron chi connectivity index (χ1n) is 11.7. The zero-order chi connectivity index (χ0) is 21.4. The van der Waals surface area contributed by atoms with Crippen LogP contribution in [0.25, 0.3) is 0 Å². The Bertz CT molecular complexity index is 635. The van der Waals surface area contributed by atoms with E-state index < -0.39 is 10.0 Å². The number of likely N-dealkylation sites (tertiary alicyclic amines) is 1. The molecule has 0 bridgehead atoms. The van der Waals surface area contributed by atoms with Gasteiger partial charge in [0.25, 0.3) is 0 Å². The second-order valence-corrected chi connectivity index (χ2v) is 10.8. The number of hydrogen-bond acceptors (Lipinski definition) is 5. The lowest BCUT2D eigenvalue weighted by Crippen LogP contribution is -2.47. The highest BCUT2D eigenvalue weighted by atomic mass is 32.2. The smallest absolute Gasteiger partial charge is 0.211 e. The Hall–Kier alpha value is -0.900. The van der Waals surface area contributed by atoms with E-state index >= 15 is 0 Å². The second kappa shape index (κ2) is 11.6. The van der Waals surface area contributed by atoms with Crippen LogP contribution in [0.4, 0.5) is 0 Å². The highest BCUT2D eigenvalue weighted by Crippen LogP contribution is 2.21. The highest BCUT2D eigenvalue weighted by Gasteiger charge is 2.26. The van der Waals surface area contributed by atoms with Crippen LogP contribution in [-0.4, -0.2) is 94.5 Å². The summed E-state index contributed by atoms with van der Waals surface area (Å²) in [6, 6.07) is 0. The predicted molar refractivity (Wildman–Crippen MR) is 119 cm³/mol. The third-order valence-electron chi connectivity index (χ3n) is 6.41. The van der Waals surface area contributed by atoms with Gasteiger partial charge in [0.15, 0.2) is 5.96 Å². The van der Waals surface area contributed by atoms with Gasteiger partial charge < -0.3 is 19.7 Å². The van der Waals surface area contributed by atoms with Crippen LogP contribution < -0.4 is 5.32 Å². The van der Waals surface area contributed by atoms with Gasteiger partial charge in [0, 0.05) is 45.9 Å². The lowest BCUT2D eigenvalue weighted by Gasteiger charge is -2.35. The average molecular weight is 445 g/mol. The Morgan fingerprint density at radius 2 is 1.83 bits per heavy atom. The molecular weight excluding hydrogens is 404 g/mol. The van der Waals surface area contributed by atoms with E-state index in [1.165, 1.54) is 19.1 Å². The van der Waals surface area contributed by atoms with Crippen molar-refractivity contribution >= 4 is 16.0 Å². The number of piperidine rings is 2. The van der Waals surface area contributed by atoms with Crippen molar-refractivity contribution in [2.45, 2.75) is 64.1 Å². The first-order valence-corrected chi connectivity index (χ1v) is 13.5. The van der Waals surface area contributed by atoms with E-state index in [2.05, 4.69) is 17.1 Å². The van der Waals surface area contributed by atoms with Gasteiger partial charge in [-0.25, -0.2) is 12.7 Å². The monoisotopic (exact) mass is 444 g/mol. The van der Waals surface area contributed by atoms with Crippen molar-refractivity contribution in [1.29, 1.82) is 0 Å². The lowest BCUT2D eigenvalue weighted by molar-refractivity contribution is -0.0721. The fourth-order valence-electron chi connectivity index (χ4n) is 4.48. The highest BCUT2D eigenvalue weighted by molar-refractivity contribution is 7.88. The van der Waals surface area contributed by atoms with Crippen LogP contribution in [0.15, 0.2) is 4.99 Å². The van der Waals surface area contributed by atoms with Gasteiger partial charge in [-0.05, 0) is 57.8 Å². The number of sulfonamides is 1. The molecule has 3 aliphatic heterocycles. The number of guanidine groups is 1. The summed E-state index contributed by atoms with van der Waals surface area (Å²) >= 11 is 0. The predicted octanol–water partition coefficient (Wildman–Crippen LogP) is 1.67. The number of hydrogen-bond donors (Lipinski definition) is 1. The number of nitrogens with zero attached hydrogens (tertiary/aromatic N) is 3. The fourth-order valence-corrected chi connectivity index (χ4v) is 5.36. The zero-order valence-electron chi connectivity index (χ0n) is 18.7. The SMILES string of the molecule is CCNC(=NCC1CCN(S(C)(=O)=O)CC1)N1CCC(OCC2CCCCO2)CC1. The van der Waals surface area contributed by atoms with Crippen LogP contribution in [0.2, 0.25) is 0 Å². The Labute approximate surface area is 182 Å².